The summed E-state index contributed by atoms with van der Waals surface area (Å²) in [6, 6.07) is 12.5. The van der Waals surface area contributed by atoms with Crippen molar-refractivity contribution in [3.05, 3.63) is 65.5 Å². The lowest BCUT2D eigenvalue weighted by Crippen LogP contribution is -2.30. The Balaban J connectivity index is 2.16. The van der Waals surface area contributed by atoms with Crippen molar-refractivity contribution in [3.8, 4) is 5.75 Å². The molecule has 4 nitrogen and oxygen atoms in total. The molecule has 1 amide bonds. The Morgan fingerprint density at radius 1 is 1.29 bits per heavy atom. The van der Waals surface area contributed by atoms with Crippen molar-refractivity contribution >= 4 is 5.91 Å². The fourth-order valence-corrected chi connectivity index (χ4v) is 1.96. The number of halogens is 1. The first-order valence-electron chi connectivity index (χ1n) is 6.46. The number of ether oxygens (including phenoxy) is 1. The molecule has 0 aliphatic carbocycles. The first-order valence-corrected chi connectivity index (χ1v) is 6.46. The van der Waals surface area contributed by atoms with Crippen molar-refractivity contribution in [2.75, 3.05) is 13.7 Å². The standard InChI is InChI=1S/C16H16FNO3/c1-21-15-9-12(7-8-13(15)17)16(20)18-14(10-19)11-5-3-2-4-6-11/h2-9,14,19H,10H2,1H3,(H,18,20). The zero-order chi connectivity index (χ0) is 15.2. The Morgan fingerprint density at radius 3 is 2.62 bits per heavy atom. The SMILES string of the molecule is COc1cc(C(=O)NC(CO)c2ccccc2)ccc1F. The van der Waals surface area contributed by atoms with Crippen molar-refractivity contribution in [3.63, 3.8) is 0 Å². The van der Waals surface area contributed by atoms with E-state index in [0.29, 0.717) is 0 Å². The van der Waals surface area contributed by atoms with Crippen molar-refractivity contribution < 1.29 is 19.0 Å². The molecule has 110 valence electrons. The molecule has 2 rings (SSSR count). The highest BCUT2D eigenvalue weighted by Crippen LogP contribution is 2.19. The van der Waals surface area contributed by atoms with Crippen molar-refractivity contribution in [1.29, 1.82) is 0 Å². The summed E-state index contributed by atoms with van der Waals surface area (Å²) in [5.41, 5.74) is 1.06. The van der Waals surface area contributed by atoms with Gasteiger partial charge in [0.2, 0.25) is 0 Å². The van der Waals surface area contributed by atoms with Gasteiger partial charge in [0.05, 0.1) is 19.8 Å². The van der Waals surface area contributed by atoms with E-state index in [0.717, 1.165) is 5.56 Å². The monoisotopic (exact) mass is 289 g/mol. The number of carbonyl (C=O) groups is 1. The second-order valence-electron chi connectivity index (χ2n) is 4.47. The highest BCUT2D eigenvalue weighted by atomic mass is 19.1. The van der Waals surface area contributed by atoms with Crippen LogP contribution >= 0.6 is 0 Å². The van der Waals surface area contributed by atoms with E-state index in [1.54, 1.807) is 0 Å². The van der Waals surface area contributed by atoms with E-state index < -0.39 is 17.8 Å². The zero-order valence-electron chi connectivity index (χ0n) is 11.5. The number of benzene rings is 2. The van der Waals surface area contributed by atoms with Gasteiger partial charge in [0, 0.05) is 5.56 Å². The summed E-state index contributed by atoms with van der Waals surface area (Å²) in [6.45, 7) is -0.228. The van der Waals surface area contributed by atoms with Crippen LogP contribution in [0.4, 0.5) is 4.39 Å². The molecular weight excluding hydrogens is 273 g/mol. The molecule has 0 heterocycles. The molecule has 0 aliphatic rings. The number of aliphatic hydroxyl groups is 1. The molecule has 0 aliphatic heterocycles. The fraction of sp³-hybridized carbons (Fsp3) is 0.188. The quantitative estimate of drug-likeness (QED) is 0.888. The van der Waals surface area contributed by atoms with Gasteiger partial charge in [-0.25, -0.2) is 4.39 Å². The molecule has 0 spiro atoms. The van der Waals surface area contributed by atoms with E-state index in [4.69, 9.17) is 4.74 Å². The average molecular weight is 289 g/mol. The van der Waals surface area contributed by atoms with E-state index in [1.165, 1.54) is 25.3 Å². The molecule has 1 atom stereocenters. The minimum absolute atomic E-state index is 0.00269. The maximum atomic E-state index is 13.3. The van der Waals surface area contributed by atoms with Crippen LogP contribution < -0.4 is 10.1 Å². The summed E-state index contributed by atoms with van der Waals surface area (Å²) < 4.78 is 18.2. The smallest absolute Gasteiger partial charge is 0.251 e. The molecule has 0 radical (unpaired) electrons. The second kappa shape index (κ2) is 6.85. The molecule has 0 saturated carbocycles. The van der Waals surface area contributed by atoms with Gasteiger partial charge in [0.25, 0.3) is 5.91 Å². The summed E-state index contributed by atoms with van der Waals surface area (Å²) >= 11 is 0. The molecule has 2 aromatic rings. The number of hydrogen-bond acceptors (Lipinski definition) is 3. The predicted octanol–water partition coefficient (Wildman–Crippen LogP) is 2.30. The molecule has 1 unspecified atom stereocenters. The predicted molar refractivity (Wildman–Crippen MR) is 76.7 cm³/mol. The molecule has 0 bridgehead atoms. The van der Waals surface area contributed by atoms with Crippen molar-refractivity contribution in [1.82, 2.24) is 5.32 Å². The van der Waals surface area contributed by atoms with Crippen LogP contribution in [-0.2, 0) is 0 Å². The van der Waals surface area contributed by atoms with Crippen LogP contribution in [0.3, 0.4) is 0 Å². The van der Waals surface area contributed by atoms with E-state index in [2.05, 4.69) is 5.32 Å². The number of carbonyl (C=O) groups excluding carboxylic acids is 1. The van der Waals surface area contributed by atoms with Crippen molar-refractivity contribution in [2.24, 2.45) is 0 Å². The van der Waals surface area contributed by atoms with Crippen LogP contribution in [0.25, 0.3) is 0 Å². The maximum Gasteiger partial charge on any atom is 0.251 e. The Kier molecular flexibility index (Phi) is 4.90. The second-order valence-corrected chi connectivity index (χ2v) is 4.47. The number of hydrogen-bond donors (Lipinski definition) is 2. The number of methoxy groups -OCH3 is 1. The van der Waals surface area contributed by atoms with Crippen molar-refractivity contribution in [2.45, 2.75) is 6.04 Å². The highest BCUT2D eigenvalue weighted by molar-refractivity contribution is 5.94. The molecule has 2 aromatic carbocycles. The molecule has 0 aromatic heterocycles. The van der Waals surface area contributed by atoms with Crippen LogP contribution in [0.2, 0.25) is 0 Å². The van der Waals surface area contributed by atoms with E-state index in [1.807, 2.05) is 30.3 Å². The molecule has 2 N–H and O–H groups in total. The van der Waals surface area contributed by atoms with E-state index in [9.17, 15) is 14.3 Å². The van der Waals surface area contributed by atoms with Gasteiger partial charge in [-0.2, -0.15) is 0 Å². The molecule has 21 heavy (non-hydrogen) atoms. The minimum Gasteiger partial charge on any atom is -0.494 e. The number of rotatable bonds is 5. The fourth-order valence-electron chi connectivity index (χ4n) is 1.96. The number of amides is 1. The molecule has 0 fully saturated rings. The molecule has 5 heteroatoms. The van der Waals surface area contributed by atoms with Crippen LogP contribution in [0.5, 0.6) is 5.75 Å². The lowest BCUT2D eigenvalue weighted by atomic mass is 10.1. The maximum absolute atomic E-state index is 13.3. The number of nitrogens with one attached hydrogen (secondary N) is 1. The summed E-state index contributed by atoms with van der Waals surface area (Å²) in [7, 11) is 1.33. The summed E-state index contributed by atoms with van der Waals surface area (Å²) in [5, 5.41) is 12.1. The average Bonchev–Trinajstić information content (AvgIpc) is 2.53. The first-order chi connectivity index (χ1) is 10.2. The Bertz CT molecular complexity index is 616. The van der Waals surface area contributed by atoms with Gasteiger partial charge in [-0.1, -0.05) is 30.3 Å². The summed E-state index contributed by atoms with van der Waals surface area (Å²) in [4.78, 5) is 12.2. The summed E-state index contributed by atoms with van der Waals surface area (Å²) in [5.74, 6) is -0.935. The van der Waals surface area contributed by atoms with Crippen LogP contribution in [0.15, 0.2) is 48.5 Å². The van der Waals surface area contributed by atoms with Crippen LogP contribution in [0, 0.1) is 5.82 Å². The molecule has 0 saturated heterocycles. The Hall–Kier alpha value is -2.40. The Labute approximate surface area is 122 Å². The van der Waals surface area contributed by atoms with E-state index in [-0.39, 0.29) is 17.9 Å². The van der Waals surface area contributed by atoms with Crippen LogP contribution in [0.1, 0.15) is 22.0 Å². The third-order valence-corrected chi connectivity index (χ3v) is 3.10. The largest absolute Gasteiger partial charge is 0.494 e. The zero-order valence-corrected chi connectivity index (χ0v) is 11.5. The third-order valence-electron chi connectivity index (χ3n) is 3.10. The highest BCUT2D eigenvalue weighted by Gasteiger charge is 2.16. The lowest BCUT2D eigenvalue weighted by Gasteiger charge is -2.17. The van der Waals surface area contributed by atoms with Gasteiger partial charge < -0.3 is 15.2 Å². The molecular formula is C16H16FNO3. The summed E-state index contributed by atoms with van der Waals surface area (Å²) in [6.07, 6.45) is 0. The van der Waals surface area contributed by atoms with Gasteiger partial charge in [0.15, 0.2) is 11.6 Å². The minimum atomic E-state index is -0.532. The topological polar surface area (TPSA) is 58.6 Å². The van der Waals surface area contributed by atoms with Gasteiger partial charge in [-0.3, -0.25) is 4.79 Å². The first kappa shape index (κ1) is 15.0. The lowest BCUT2D eigenvalue weighted by molar-refractivity contribution is 0.0915. The van der Waals surface area contributed by atoms with E-state index >= 15 is 0 Å². The van der Waals surface area contributed by atoms with Gasteiger partial charge in [-0.05, 0) is 23.8 Å². The third kappa shape index (κ3) is 3.58. The number of aliphatic hydroxyl groups excluding tert-OH is 1. The Morgan fingerprint density at radius 2 is 2.00 bits per heavy atom. The normalized spacial score (nSPS) is 11.8. The van der Waals surface area contributed by atoms with Gasteiger partial charge in [-0.15, -0.1) is 0 Å². The van der Waals surface area contributed by atoms with Gasteiger partial charge in [0.1, 0.15) is 0 Å². The van der Waals surface area contributed by atoms with Gasteiger partial charge >= 0.3 is 0 Å². The van der Waals surface area contributed by atoms with Crippen LogP contribution in [-0.4, -0.2) is 24.7 Å².